The topological polar surface area (TPSA) is 0 Å². The van der Waals surface area contributed by atoms with Crippen LogP contribution in [0.1, 0.15) is 0 Å². The fraction of sp³-hybridized carbons (Fsp3) is 0. The van der Waals surface area contributed by atoms with Crippen molar-refractivity contribution in [1.82, 2.24) is 0 Å². The quantitative estimate of drug-likeness (QED) is 0.157. The molecule has 0 fully saturated rings. The molecule has 0 amide bonds. The maximum Gasteiger partial charge on any atom is -0.00139 e. The van der Waals surface area contributed by atoms with Crippen LogP contribution in [0.15, 0.2) is 243 Å². The van der Waals surface area contributed by atoms with Crippen LogP contribution in [0.4, 0.5) is 0 Å². The molecule has 304 valence electrons. The number of rotatable bonds is 6. The first-order valence-corrected chi connectivity index (χ1v) is 23.0. The number of benzene rings is 12. The van der Waals surface area contributed by atoms with Crippen LogP contribution >= 0.6 is 0 Å². The van der Waals surface area contributed by atoms with Gasteiger partial charge in [-0.2, -0.15) is 0 Å². The van der Waals surface area contributed by atoms with E-state index >= 15 is 0 Å². The Kier molecular flexibility index (Phi) is 8.08. The fourth-order valence-electron chi connectivity index (χ4n) is 11.5. The second-order valence-electron chi connectivity index (χ2n) is 17.8. The van der Waals surface area contributed by atoms with Crippen LogP contribution in [0.25, 0.3) is 144 Å². The lowest BCUT2D eigenvalue weighted by Gasteiger charge is -2.15. The van der Waals surface area contributed by atoms with Gasteiger partial charge in [0.15, 0.2) is 0 Å². The Morgan fingerprint density at radius 2 is 0.470 bits per heavy atom. The Bertz CT molecular complexity index is 3530. The molecular formula is C66H40. The molecule has 12 aromatic carbocycles. The molecule has 0 saturated carbocycles. The summed E-state index contributed by atoms with van der Waals surface area (Å²) in [7, 11) is 0. The molecule has 0 saturated heterocycles. The average molecular weight is 833 g/mol. The SMILES string of the molecule is c1ccc(-c2ccc(-c3ccccc3)c3c2-c2cccc4c(-c5ccc6ccc(-c7ccc8c9c(cccc79)-c7c(-c9ccccc9)ccc(-c9ccccc9)c7-8)cc6c5)ccc-3c24)cc1. The first-order chi connectivity index (χ1) is 32.8. The maximum absolute atomic E-state index is 2.41. The lowest BCUT2D eigenvalue weighted by molar-refractivity contribution is 1.59. The van der Waals surface area contributed by atoms with Gasteiger partial charge in [0, 0.05) is 0 Å². The van der Waals surface area contributed by atoms with E-state index in [2.05, 4.69) is 243 Å². The van der Waals surface area contributed by atoms with Crippen molar-refractivity contribution in [1.29, 1.82) is 0 Å². The maximum atomic E-state index is 2.41. The minimum atomic E-state index is 1.23. The van der Waals surface area contributed by atoms with Crippen LogP contribution in [0.5, 0.6) is 0 Å². The normalized spacial score (nSPS) is 11.9. The van der Waals surface area contributed by atoms with Crippen LogP contribution in [0, 0.1) is 0 Å². The molecule has 0 bridgehead atoms. The molecule has 14 rings (SSSR count). The zero-order chi connectivity index (χ0) is 43.3. The van der Waals surface area contributed by atoms with Gasteiger partial charge in [-0.1, -0.05) is 231 Å². The highest BCUT2D eigenvalue weighted by Crippen LogP contribution is 2.57. The molecule has 0 unspecified atom stereocenters. The summed E-state index contributed by atoms with van der Waals surface area (Å²) in [5, 5.41) is 7.70. The minimum Gasteiger partial charge on any atom is -0.0622 e. The van der Waals surface area contributed by atoms with Crippen molar-refractivity contribution in [2.75, 3.05) is 0 Å². The van der Waals surface area contributed by atoms with E-state index in [9.17, 15) is 0 Å². The second kappa shape index (κ2) is 14.5. The molecule has 0 N–H and O–H groups in total. The first-order valence-electron chi connectivity index (χ1n) is 23.0. The van der Waals surface area contributed by atoms with Crippen LogP contribution in [-0.4, -0.2) is 0 Å². The van der Waals surface area contributed by atoms with Crippen molar-refractivity contribution < 1.29 is 0 Å². The Balaban J connectivity index is 0.917. The van der Waals surface area contributed by atoms with Crippen LogP contribution in [0.2, 0.25) is 0 Å². The molecular weight excluding hydrogens is 793 g/mol. The Morgan fingerprint density at radius 3 is 0.818 bits per heavy atom. The van der Waals surface area contributed by atoms with Gasteiger partial charge in [0.05, 0.1) is 0 Å². The fourth-order valence-corrected chi connectivity index (χ4v) is 11.5. The summed E-state index contributed by atoms with van der Waals surface area (Å²) >= 11 is 0. The van der Waals surface area contributed by atoms with Gasteiger partial charge >= 0.3 is 0 Å². The summed E-state index contributed by atoms with van der Waals surface area (Å²) in [6, 6.07) is 90.1. The third-order valence-electron chi connectivity index (χ3n) is 14.4. The van der Waals surface area contributed by atoms with Crippen LogP contribution < -0.4 is 0 Å². The van der Waals surface area contributed by atoms with E-state index in [1.165, 1.54) is 144 Å². The third-order valence-corrected chi connectivity index (χ3v) is 14.4. The van der Waals surface area contributed by atoms with E-state index in [4.69, 9.17) is 0 Å². The summed E-state index contributed by atoms with van der Waals surface area (Å²) < 4.78 is 0. The van der Waals surface area contributed by atoms with Gasteiger partial charge in [-0.25, -0.2) is 0 Å². The molecule has 0 spiro atoms. The van der Waals surface area contributed by atoms with E-state index < -0.39 is 0 Å². The van der Waals surface area contributed by atoms with E-state index in [-0.39, 0.29) is 0 Å². The molecule has 0 heteroatoms. The Labute approximate surface area is 384 Å². The van der Waals surface area contributed by atoms with Gasteiger partial charge in [-0.15, -0.1) is 0 Å². The van der Waals surface area contributed by atoms with Crippen molar-refractivity contribution in [3.63, 3.8) is 0 Å². The minimum absolute atomic E-state index is 1.23. The van der Waals surface area contributed by atoms with Gasteiger partial charge in [-0.3, -0.25) is 0 Å². The zero-order valence-electron chi connectivity index (χ0n) is 36.1. The van der Waals surface area contributed by atoms with Crippen molar-refractivity contribution in [3.05, 3.63) is 243 Å². The molecule has 0 nitrogen and oxygen atoms in total. The first kappa shape index (κ1) is 36.9. The zero-order valence-corrected chi connectivity index (χ0v) is 36.1. The largest absolute Gasteiger partial charge is 0.0622 e. The molecule has 0 atom stereocenters. The van der Waals surface area contributed by atoms with Crippen LogP contribution in [-0.2, 0) is 0 Å². The van der Waals surface area contributed by atoms with Crippen molar-refractivity contribution >= 4 is 32.3 Å². The molecule has 2 aliphatic rings. The summed E-state index contributed by atoms with van der Waals surface area (Å²) in [4.78, 5) is 0. The average Bonchev–Trinajstić information content (AvgIpc) is 3.92. The predicted molar refractivity (Wildman–Crippen MR) is 280 cm³/mol. The predicted octanol–water partition coefficient (Wildman–Crippen LogP) is 18.4. The van der Waals surface area contributed by atoms with E-state index in [0.29, 0.717) is 0 Å². The Hall–Kier alpha value is -8.58. The van der Waals surface area contributed by atoms with Crippen molar-refractivity contribution in [2.45, 2.75) is 0 Å². The van der Waals surface area contributed by atoms with E-state index in [1.807, 2.05) is 0 Å². The van der Waals surface area contributed by atoms with E-state index in [0.717, 1.165) is 0 Å². The summed E-state index contributed by atoms with van der Waals surface area (Å²) in [5.74, 6) is 0. The lowest BCUT2D eigenvalue weighted by Crippen LogP contribution is -1.89. The van der Waals surface area contributed by atoms with Crippen molar-refractivity contribution in [3.8, 4) is 111 Å². The molecule has 0 heterocycles. The molecule has 66 heavy (non-hydrogen) atoms. The monoisotopic (exact) mass is 832 g/mol. The van der Waals surface area contributed by atoms with Gasteiger partial charge < -0.3 is 0 Å². The third kappa shape index (κ3) is 5.46. The van der Waals surface area contributed by atoms with Crippen molar-refractivity contribution in [2.24, 2.45) is 0 Å². The highest BCUT2D eigenvalue weighted by molar-refractivity contribution is 6.25. The summed E-state index contributed by atoms with van der Waals surface area (Å²) in [5.41, 5.74) is 25.5. The van der Waals surface area contributed by atoms with Gasteiger partial charge in [-0.05, 0) is 156 Å². The highest BCUT2D eigenvalue weighted by atomic mass is 14.3. The highest BCUT2D eigenvalue weighted by Gasteiger charge is 2.30. The van der Waals surface area contributed by atoms with Gasteiger partial charge in [0.2, 0.25) is 0 Å². The second-order valence-corrected chi connectivity index (χ2v) is 17.8. The lowest BCUT2D eigenvalue weighted by atomic mass is 9.88. The number of hydrogen-bond acceptors (Lipinski definition) is 0. The standard InChI is InChI=1S/C66H40/c1-5-15-42(16-6-1)51-33-35-53(44-19-9-3-10-20-44)65-59-37-31-49(55-23-13-25-57(61(55)59)63(51)65)46-29-27-41-28-30-47(40-48(41)39-46)50-32-38-60-62-56(50)24-14-26-58(62)64-52(43-17-7-2-8-18-43)34-36-54(66(60)64)45-21-11-4-12-22-45/h1-40H. The Morgan fingerprint density at radius 1 is 0.167 bits per heavy atom. The number of fused-ring (bicyclic) bond motifs is 7. The van der Waals surface area contributed by atoms with E-state index in [1.54, 1.807) is 0 Å². The molecule has 12 aromatic rings. The smallest absolute Gasteiger partial charge is 0.00139 e. The summed E-state index contributed by atoms with van der Waals surface area (Å²) in [6.07, 6.45) is 0. The van der Waals surface area contributed by atoms with Crippen LogP contribution in [0.3, 0.4) is 0 Å². The molecule has 0 radical (unpaired) electrons. The molecule has 0 aliphatic heterocycles. The summed E-state index contributed by atoms with van der Waals surface area (Å²) in [6.45, 7) is 0. The van der Waals surface area contributed by atoms with Gasteiger partial charge in [0.25, 0.3) is 0 Å². The number of hydrogen-bond donors (Lipinski definition) is 0. The molecule has 2 aliphatic carbocycles. The van der Waals surface area contributed by atoms with Gasteiger partial charge in [0.1, 0.15) is 0 Å². The molecule has 0 aromatic heterocycles.